The first kappa shape index (κ1) is 100. The third-order valence-electron chi connectivity index (χ3n) is 22.1. The maximum Gasteiger partial charge on any atom is 2.00 e. The van der Waals surface area contributed by atoms with Gasteiger partial charge < -0.3 is 9.11 Å². The molecule has 0 heterocycles. The summed E-state index contributed by atoms with van der Waals surface area (Å²) in [6.07, 6.45) is 109. The third kappa shape index (κ3) is 73.0. The fourth-order valence-electron chi connectivity index (χ4n) is 15.4. The van der Waals surface area contributed by atoms with Gasteiger partial charge in [-0.05, 0) is 48.9 Å². The average molecular weight is 1460 g/mol. The minimum absolute atomic E-state index is 0. The van der Waals surface area contributed by atoms with Gasteiger partial charge >= 0.3 is 23.1 Å². The van der Waals surface area contributed by atoms with E-state index >= 15 is 0 Å². The monoisotopic (exact) mass is 1460 g/mol. The normalized spacial score (nSPS) is 11.8. The summed E-state index contributed by atoms with van der Waals surface area (Å²) < 4.78 is 68.3. The maximum atomic E-state index is 11.4. The van der Waals surface area contributed by atoms with Gasteiger partial charge in [-0.15, -0.1) is 0 Å². The van der Waals surface area contributed by atoms with Crippen LogP contribution in [0.4, 0.5) is 0 Å². The van der Waals surface area contributed by atoms with Gasteiger partial charge in [-0.2, -0.15) is 0 Å². The van der Waals surface area contributed by atoms with E-state index < -0.39 is 20.2 Å². The standard InChI is InChI=1S/2C46H86O3S.Mg/c2*1-2-3-4-5-6-7-8-9-10-11-12-13-14-15-16-17-18-19-20-21-22-23-24-25-26-27-28-29-30-31-32-33-34-35-36-37-38-39-42-45-43-40-41-44-46(45)50(47,48)49;/h2*40-41,43-44H,2-39,42H2,1H3,(H,47,48,49);/q;;+2/p-2. The Morgan fingerprint density at radius 1 is 0.188 bits per heavy atom. The SMILES string of the molecule is CCCCCCCCCCCCCCCCCCCCCCCCCCCCCCCCCCCCCCCCc1ccccc1S(=O)(=O)[O-].CCCCCCCCCCCCCCCCCCCCCCCCCCCCCCCCCCCCCCCCc1ccccc1S(=O)(=O)[O-].[Mg+2]. The molecule has 0 atom stereocenters. The quantitative estimate of drug-likeness (QED) is 0.0370. The van der Waals surface area contributed by atoms with Crippen molar-refractivity contribution in [3.8, 4) is 0 Å². The van der Waals surface area contributed by atoms with Crippen molar-refractivity contribution in [3.63, 3.8) is 0 Å². The van der Waals surface area contributed by atoms with Crippen LogP contribution in [0, 0.1) is 0 Å². The predicted octanol–water partition coefficient (Wildman–Crippen LogP) is 31.6. The van der Waals surface area contributed by atoms with Gasteiger partial charge in [-0.25, -0.2) is 16.8 Å². The zero-order valence-corrected chi connectivity index (χ0v) is 70.8. The number of hydrogen-bond acceptors (Lipinski definition) is 6. The Hall–Kier alpha value is -0.974. The van der Waals surface area contributed by atoms with Gasteiger partial charge in [0.2, 0.25) is 0 Å². The number of rotatable bonds is 80. The minimum Gasteiger partial charge on any atom is -0.744 e. The van der Waals surface area contributed by atoms with Crippen molar-refractivity contribution in [1.82, 2.24) is 0 Å². The summed E-state index contributed by atoms with van der Waals surface area (Å²) in [6, 6.07) is 13.3. The van der Waals surface area contributed by atoms with E-state index in [1.165, 1.54) is 474 Å². The molecule has 0 unspecified atom stereocenters. The fraction of sp³-hybridized carbons (Fsp3) is 0.870. The molecule has 0 aliphatic heterocycles. The summed E-state index contributed by atoms with van der Waals surface area (Å²) in [7, 11) is -8.74. The Bertz CT molecular complexity index is 2010. The van der Waals surface area contributed by atoms with Crippen LogP contribution in [0.5, 0.6) is 0 Å². The predicted molar refractivity (Wildman–Crippen MR) is 444 cm³/mol. The van der Waals surface area contributed by atoms with Crippen molar-refractivity contribution in [3.05, 3.63) is 59.7 Å². The molecule has 0 fully saturated rings. The number of aryl methyl sites for hydroxylation is 2. The summed E-state index contributed by atoms with van der Waals surface area (Å²) in [4.78, 5) is -0.0805. The van der Waals surface area contributed by atoms with Crippen molar-refractivity contribution < 1.29 is 25.9 Å². The number of unbranched alkanes of at least 4 members (excludes halogenated alkanes) is 74. The van der Waals surface area contributed by atoms with Gasteiger partial charge in [0.1, 0.15) is 20.2 Å². The Morgan fingerprint density at radius 2 is 0.297 bits per heavy atom. The molecule has 6 nitrogen and oxygen atoms in total. The van der Waals surface area contributed by atoms with E-state index in [4.69, 9.17) is 0 Å². The van der Waals surface area contributed by atoms with Gasteiger partial charge in [0.25, 0.3) is 0 Å². The van der Waals surface area contributed by atoms with Gasteiger partial charge in [0.15, 0.2) is 0 Å². The van der Waals surface area contributed by atoms with Crippen molar-refractivity contribution in [2.45, 2.75) is 524 Å². The topological polar surface area (TPSA) is 114 Å². The van der Waals surface area contributed by atoms with E-state index in [-0.39, 0.29) is 32.8 Å². The first-order valence-electron chi connectivity index (χ1n) is 45.2. The van der Waals surface area contributed by atoms with Crippen LogP contribution in [0.2, 0.25) is 0 Å². The van der Waals surface area contributed by atoms with Crippen LogP contribution in [-0.2, 0) is 33.1 Å². The molecule has 0 saturated heterocycles. The molecule has 9 heteroatoms. The number of hydrogen-bond donors (Lipinski definition) is 0. The van der Waals surface area contributed by atoms with E-state index in [0.29, 0.717) is 24.0 Å². The second kappa shape index (κ2) is 80.1. The molecule has 0 spiro atoms. The molecule has 0 amide bonds. The van der Waals surface area contributed by atoms with Gasteiger partial charge in [0, 0.05) is 0 Å². The number of benzene rings is 2. The Balaban J connectivity index is 0.00000196. The second-order valence-corrected chi connectivity index (χ2v) is 34.5. The molecular formula is C92H170MgO6S2. The third-order valence-corrected chi connectivity index (χ3v) is 24.0. The molecule has 2 aromatic carbocycles. The van der Waals surface area contributed by atoms with E-state index in [1.807, 2.05) is 12.1 Å². The summed E-state index contributed by atoms with van der Waals surface area (Å²) in [5.41, 5.74) is 1.35. The molecule has 0 bridgehead atoms. The largest absolute Gasteiger partial charge is 2.00 e. The van der Waals surface area contributed by atoms with Crippen molar-refractivity contribution in [1.29, 1.82) is 0 Å². The molecule has 2 aromatic rings. The van der Waals surface area contributed by atoms with Crippen LogP contribution >= 0.6 is 0 Å². The van der Waals surface area contributed by atoms with Crippen molar-refractivity contribution in [2.75, 3.05) is 0 Å². The first-order chi connectivity index (χ1) is 49.1. The fourth-order valence-corrected chi connectivity index (χ4v) is 16.9. The van der Waals surface area contributed by atoms with Gasteiger partial charge in [0.05, 0.1) is 9.79 Å². The zero-order chi connectivity index (χ0) is 72.1. The van der Waals surface area contributed by atoms with Gasteiger partial charge in [-0.1, -0.05) is 525 Å². The smallest absolute Gasteiger partial charge is 0.744 e. The molecule has 101 heavy (non-hydrogen) atoms. The molecule has 0 N–H and O–H groups in total. The summed E-state index contributed by atoms with van der Waals surface area (Å²) >= 11 is 0. The minimum atomic E-state index is -4.37. The summed E-state index contributed by atoms with van der Waals surface area (Å²) in [6.45, 7) is 4.61. The van der Waals surface area contributed by atoms with Crippen LogP contribution in [-0.4, -0.2) is 49.0 Å². The molecule has 0 aliphatic carbocycles. The molecule has 0 aromatic heterocycles. The maximum absolute atomic E-state index is 11.4. The molecule has 0 saturated carbocycles. The van der Waals surface area contributed by atoms with Crippen LogP contribution in [0.1, 0.15) is 513 Å². The molecule has 2 rings (SSSR count). The molecular weight excluding hydrogens is 1290 g/mol. The van der Waals surface area contributed by atoms with E-state index in [9.17, 15) is 25.9 Å². The Labute approximate surface area is 648 Å². The summed E-state index contributed by atoms with van der Waals surface area (Å²) in [5, 5.41) is 0. The Morgan fingerprint density at radius 3 is 0.416 bits per heavy atom. The zero-order valence-electron chi connectivity index (χ0n) is 67.7. The van der Waals surface area contributed by atoms with Crippen LogP contribution in [0.25, 0.3) is 0 Å². The van der Waals surface area contributed by atoms with Crippen LogP contribution in [0.15, 0.2) is 58.3 Å². The second-order valence-electron chi connectivity index (χ2n) is 31.8. The van der Waals surface area contributed by atoms with Gasteiger partial charge in [-0.3, -0.25) is 0 Å². The first-order valence-corrected chi connectivity index (χ1v) is 48.0. The molecule has 0 radical (unpaired) electrons. The Kier molecular flexibility index (Phi) is 79.3. The molecule has 0 aliphatic rings. The van der Waals surface area contributed by atoms with E-state index in [0.717, 1.165) is 25.7 Å². The van der Waals surface area contributed by atoms with Crippen LogP contribution in [0.3, 0.4) is 0 Å². The molecule has 588 valence electrons. The van der Waals surface area contributed by atoms with Crippen LogP contribution < -0.4 is 0 Å². The van der Waals surface area contributed by atoms with E-state index in [1.54, 1.807) is 24.3 Å². The summed E-state index contributed by atoms with van der Waals surface area (Å²) in [5.74, 6) is 0. The van der Waals surface area contributed by atoms with Crippen molar-refractivity contribution >= 4 is 43.3 Å². The van der Waals surface area contributed by atoms with E-state index in [2.05, 4.69) is 13.8 Å². The van der Waals surface area contributed by atoms with Crippen molar-refractivity contribution in [2.24, 2.45) is 0 Å². The average Bonchev–Trinajstić information content (AvgIpc) is 0.853.